The van der Waals surface area contributed by atoms with Crippen LogP contribution >= 0.6 is 11.8 Å². The van der Waals surface area contributed by atoms with Crippen molar-refractivity contribution in [3.63, 3.8) is 0 Å². The third kappa shape index (κ3) is 3.97. The fourth-order valence-electron chi connectivity index (χ4n) is 6.07. The van der Waals surface area contributed by atoms with Crippen LogP contribution in [0.25, 0.3) is 0 Å². The Labute approximate surface area is 236 Å². The molecule has 2 aromatic carbocycles. The van der Waals surface area contributed by atoms with Gasteiger partial charge in [-0.2, -0.15) is 0 Å². The van der Waals surface area contributed by atoms with Crippen molar-refractivity contribution >= 4 is 23.8 Å². The molecule has 7 rings (SSSR count). The first-order chi connectivity index (χ1) is 19.8. The maximum Gasteiger partial charge on any atom is 0.508 e. The Morgan fingerprint density at radius 1 is 1.12 bits per heavy atom. The molecule has 13 heteroatoms. The summed E-state index contributed by atoms with van der Waals surface area (Å²) in [6, 6.07) is 10.7. The van der Waals surface area contributed by atoms with Crippen molar-refractivity contribution in [1.29, 1.82) is 0 Å². The fraction of sp³-hybridized carbons (Fsp3) is 0.321. The summed E-state index contributed by atoms with van der Waals surface area (Å²) in [5.41, 5.74) is 0.155. The molecule has 4 heterocycles. The molecule has 41 heavy (non-hydrogen) atoms. The lowest BCUT2D eigenvalue weighted by atomic mass is 9.92. The summed E-state index contributed by atoms with van der Waals surface area (Å²) in [6.45, 7) is -0.364. The van der Waals surface area contributed by atoms with Crippen LogP contribution in [-0.4, -0.2) is 58.5 Å². The highest BCUT2D eigenvalue weighted by molar-refractivity contribution is 7.98. The Hall–Kier alpha value is -4.10. The third-order valence-corrected chi connectivity index (χ3v) is 9.16. The van der Waals surface area contributed by atoms with Crippen LogP contribution < -0.4 is 15.2 Å². The van der Waals surface area contributed by atoms with Crippen LogP contribution in [0.3, 0.4) is 0 Å². The van der Waals surface area contributed by atoms with Gasteiger partial charge in [-0.15, -0.1) is 11.8 Å². The Kier molecular flexibility index (Phi) is 5.98. The van der Waals surface area contributed by atoms with Crippen LogP contribution in [0.5, 0.6) is 5.75 Å². The zero-order chi connectivity index (χ0) is 28.5. The van der Waals surface area contributed by atoms with E-state index in [-0.39, 0.29) is 29.4 Å². The number of thioether (sulfide) groups is 1. The number of halogens is 2. The van der Waals surface area contributed by atoms with Gasteiger partial charge in [0.15, 0.2) is 17.3 Å². The molecule has 1 aliphatic carbocycles. The van der Waals surface area contributed by atoms with Crippen LogP contribution in [0.1, 0.15) is 46.1 Å². The van der Waals surface area contributed by atoms with Gasteiger partial charge >= 0.3 is 6.16 Å². The lowest BCUT2D eigenvalue weighted by molar-refractivity contribution is -0.0621. The molecular weight excluding hydrogens is 560 g/mol. The Bertz CT molecular complexity index is 1660. The van der Waals surface area contributed by atoms with E-state index in [4.69, 9.17) is 14.6 Å². The number of carbonyl (C=O) groups is 2. The van der Waals surface area contributed by atoms with E-state index < -0.39 is 53.7 Å². The number of fused-ring (bicyclic) bond motifs is 5. The van der Waals surface area contributed by atoms with Gasteiger partial charge < -0.3 is 24.2 Å². The maximum atomic E-state index is 15.3. The number of hydrogen-bond acceptors (Lipinski definition) is 8. The van der Waals surface area contributed by atoms with E-state index in [1.807, 2.05) is 29.3 Å². The van der Waals surface area contributed by atoms with E-state index in [1.165, 1.54) is 28.7 Å². The van der Waals surface area contributed by atoms with Crippen molar-refractivity contribution in [2.45, 2.75) is 41.2 Å². The van der Waals surface area contributed by atoms with E-state index in [0.29, 0.717) is 25.0 Å². The van der Waals surface area contributed by atoms with Crippen molar-refractivity contribution in [3.05, 3.63) is 92.9 Å². The summed E-state index contributed by atoms with van der Waals surface area (Å²) >= 11 is 1.38. The average molecular weight is 584 g/mol. The summed E-state index contributed by atoms with van der Waals surface area (Å²) < 4.78 is 47.3. The van der Waals surface area contributed by atoms with E-state index in [0.717, 1.165) is 16.5 Å². The SMILES string of the molecule is O=C(O)OCOc1c2n(ccc1=O)N([C@@H]1c3ccccc3SCc3c1ccc(F)c3F)[C@@H]1COCC3(CC3)N1C2=O. The third-order valence-electron chi connectivity index (χ3n) is 8.05. The van der Waals surface area contributed by atoms with Crippen LogP contribution in [-0.2, 0) is 15.2 Å². The van der Waals surface area contributed by atoms with Crippen molar-refractivity contribution in [3.8, 4) is 5.75 Å². The molecule has 1 saturated heterocycles. The molecule has 10 nitrogen and oxygen atoms in total. The molecule has 1 spiro atoms. The Morgan fingerprint density at radius 2 is 1.93 bits per heavy atom. The molecule has 3 aromatic rings. The number of morpholine rings is 1. The van der Waals surface area contributed by atoms with Gasteiger partial charge in [-0.3, -0.25) is 19.3 Å². The molecule has 3 aliphatic heterocycles. The zero-order valence-corrected chi connectivity index (χ0v) is 22.2. The Balaban J connectivity index is 1.49. The fourth-order valence-corrected chi connectivity index (χ4v) is 7.18. The second-order valence-corrected chi connectivity index (χ2v) is 11.3. The number of amides is 1. The number of nitrogens with zero attached hydrogens (tertiary/aromatic N) is 3. The minimum atomic E-state index is -1.61. The molecule has 1 saturated carbocycles. The predicted molar refractivity (Wildman–Crippen MR) is 140 cm³/mol. The topological polar surface area (TPSA) is 111 Å². The van der Waals surface area contributed by atoms with Gasteiger partial charge in [0, 0.05) is 28.5 Å². The largest absolute Gasteiger partial charge is 0.508 e. The molecule has 0 bridgehead atoms. The zero-order valence-electron chi connectivity index (χ0n) is 21.4. The number of carboxylic acid groups (broad SMARTS) is 1. The molecule has 2 atom stereocenters. The van der Waals surface area contributed by atoms with E-state index >= 15 is 4.39 Å². The van der Waals surface area contributed by atoms with Crippen LogP contribution in [0.2, 0.25) is 0 Å². The quantitative estimate of drug-likeness (QED) is 0.362. The monoisotopic (exact) mass is 583 g/mol. The average Bonchev–Trinajstić information content (AvgIpc) is 3.74. The molecular formula is C28H23F2N3O7S. The maximum absolute atomic E-state index is 15.3. The summed E-state index contributed by atoms with van der Waals surface area (Å²) in [5, 5.41) is 10.8. The molecule has 212 valence electrons. The normalized spacial score (nSPS) is 21.8. The number of pyridine rings is 1. The molecule has 1 N–H and O–H groups in total. The number of ether oxygens (including phenoxy) is 3. The molecule has 0 unspecified atom stereocenters. The van der Waals surface area contributed by atoms with Gasteiger partial charge in [-0.25, -0.2) is 13.6 Å². The van der Waals surface area contributed by atoms with Gasteiger partial charge in [0.05, 0.1) is 24.8 Å². The van der Waals surface area contributed by atoms with Crippen molar-refractivity contribution in [1.82, 2.24) is 9.58 Å². The highest BCUT2D eigenvalue weighted by Crippen LogP contribution is 2.51. The lowest BCUT2D eigenvalue weighted by Gasteiger charge is -2.54. The molecule has 4 aliphatic rings. The summed E-state index contributed by atoms with van der Waals surface area (Å²) in [5.74, 6) is -2.55. The number of hydrogen-bond donors (Lipinski definition) is 1. The van der Waals surface area contributed by atoms with Gasteiger partial charge in [0.25, 0.3) is 5.91 Å². The standard InChI is InChI=1S/C28H23F2N3O7S/c29-18-6-5-15-17(22(18)30)12-41-20-4-2-1-3-16(20)23(15)33-21-11-38-13-28(8-9-28)32(21)26(35)24-25(39-14-40-27(36)37)19(34)7-10-31(24)33/h1-7,10,21,23H,8-9,11-14H2,(H,36,37)/t21-,23+/m1/s1. The Morgan fingerprint density at radius 3 is 2.71 bits per heavy atom. The van der Waals surface area contributed by atoms with Gasteiger partial charge in [-0.05, 0) is 36.1 Å². The first-order valence-corrected chi connectivity index (χ1v) is 13.9. The van der Waals surface area contributed by atoms with Crippen LogP contribution in [0.4, 0.5) is 13.6 Å². The number of carbonyl (C=O) groups excluding carboxylic acids is 1. The lowest BCUT2D eigenvalue weighted by Crippen LogP contribution is -2.70. The summed E-state index contributed by atoms with van der Waals surface area (Å²) in [7, 11) is 0. The van der Waals surface area contributed by atoms with Crippen LogP contribution in [0.15, 0.2) is 58.4 Å². The highest BCUT2D eigenvalue weighted by atomic mass is 32.2. The van der Waals surface area contributed by atoms with Gasteiger partial charge in [0.2, 0.25) is 18.0 Å². The van der Waals surface area contributed by atoms with Crippen molar-refractivity contribution in [2.24, 2.45) is 0 Å². The smallest absolute Gasteiger partial charge is 0.451 e. The van der Waals surface area contributed by atoms with E-state index in [9.17, 15) is 18.8 Å². The first-order valence-electron chi connectivity index (χ1n) is 12.9. The molecule has 2 fully saturated rings. The van der Waals surface area contributed by atoms with Gasteiger partial charge in [-0.1, -0.05) is 24.3 Å². The number of aromatic nitrogens is 1. The molecule has 1 amide bonds. The number of rotatable bonds is 4. The second-order valence-electron chi connectivity index (χ2n) is 10.3. The van der Waals surface area contributed by atoms with Crippen molar-refractivity contribution in [2.75, 3.05) is 25.0 Å². The number of benzene rings is 2. The second kappa shape index (κ2) is 9.48. The van der Waals surface area contributed by atoms with Crippen LogP contribution in [0, 0.1) is 11.6 Å². The minimum absolute atomic E-state index is 0.116. The molecule has 1 aromatic heterocycles. The molecule has 0 radical (unpaired) electrons. The van der Waals surface area contributed by atoms with Crippen molar-refractivity contribution < 1.29 is 37.7 Å². The summed E-state index contributed by atoms with van der Waals surface area (Å²) in [6.07, 6.45) is 0.537. The first kappa shape index (κ1) is 25.8. The summed E-state index contributed by atoms with van der Waals surface area (Å²) in [4.78, 5) is 40.7. The minimum Gasteiger partial charge on any atom is -0.451 e. The highest BCUT2D eigenvalue weighted by Gasteiger charge is 2.60. The predicted octanol–water partition coefficient (Wildman–Crippen LogP) is 3.84. The van der Waals surface area contributed by atoms with E-state index in [1.54, 1.807) is 11.0 Å². The van der Waals surface area contributed by atoms with Gasteiger partial charge in [0.1, 0.15) is 6.17 Å². The van der Waals surface area contributed by atoms with E-state index in [2.05, 4.69) is 4.74 Å².